The van der Waals surface area contributed by atoms with Crippen LogP contribution < -0.4 is 0 Å². The van der Waals surface area contributed by atoms with Crippen LogP contribution in [-0.4, -0.2) is 0 Å². The van der Waals surface area contributed by atoms with Gasteiger partial charge in [0.15, 0.2) is 0 Å². The summed E-state index contributed by atoms with van der Waals surface area (Å²) in [5.74, 6) is 0.148. The van der Waals surface area contributed by atoms with Crippen LogP contribution in [0.3, 0.4) is 0 Å². The largest absolute Gasteiger partial charge is 0.198 e. The van der Waals surface area contributed by atoms with E-state index in [2.05, 4.69) is 24.3 Å². The van der Waals surface area contributed by atoms with Crippen LogP contribution in [0.25, 0.3) is 0 Å². The van der Waals surface area contributed by atoms with Crippen molar-refractivity contribution in [2.75, 3.05) is 0 Å². The smallest absolute Gasteiger partial charge is 0.0715 e. The summed E-state index contributed by atoms with van der Waals surface area (Å²) in [6, 6.07) is 10.7. The third kappa shape index (κ3) is 1.10. The van der Waals surface area contributed by atoms with E-state index < -0.39 is 0 Å². The maximum Gasteiger partial charge on any atom is 0.0715 e. The predicted molar refractivity (Wildman–Crippen MR) is 47.7 cm³/mol. The molecular formula is C11H11N. The molecule has 0 aliphatic heterocycles. The lowest BCUT2D eigenvalue weighted by molar-refractivity contribution is 0.637. The second kappa shape index (κ2) is 2.98. The number of nitriles is 1. The second-order valence-corrected chi connectivity index (χ2v) is 3.27. The molecule has 60 valence electrons. The summed E-state index contributed by atoms with van der Waals surface area (Å²) in [6.07, 6.45) is 3.34. The molecule has 0 saturated carbocycles. The molecule has 2 rings (SSSR count). The maximum absolute atomic E-state index is 8.89. The van der Waals surface area contributed by atoms with E-state index in [4.69, 9.17) is 5.26 Å². The number of aryl methyl sites for hydroxylation is 1. The van der Waals surface area contributed by atoms with Crippen LogP contribution >= 0.6 is 0 Å². The second-order valence-electron chi connectivity index (χ2n) is 3.27. The SMILES string of the molecule is N#C[C@H]1CCCc2ccccc21. The minimum absolute atomic E-state index is 0.148. The maximum atomic E-state index is 8.89. The molecule has 0 bridgehead atoms. The lowest BCUT2D eigenvalue weighted by Crippen LogP contribution is -2.07. The molecule has 1 nitrogen and oxygen atoms in total. The van der Waals surface area contributed by atoms with Gasteiger partial charge in [-0.25, -0.2) is 0 Å². The van der Waals surface area contributed by atoms with E-state index in [0.717, 1.165) is 19.3 Å². The van der Waals surface area contributed by atoms with Gasteiger partial charge in [0.25, 0.3) is 0 Å². The van der Waals surface area contributed by atoms with Gasteiger partial charge in [0.2, 0.25) is 0 Å². The van der Waals surface area contributed by atoms with Crippen molar-refractivity contribution >= 4 is 0 Å². The van der Waals surface area contributed by atoms with E-state index >= 15 is 0 Å². The minimum atomic E-state index is 0.148. The molecule has 12 heavy (non-hydrogen) atoms. The van der Waals surface area contributed by atoms with Crippen molar-refractivity contribution in [1.29, 1.82) is 5.26 Å². The summed E-state index contributed by atoms with van der Waals surface area (Å²) in [5.41, 5.74) is 2.63. The summed E-state index contributed by atoms with van der Waals surface area (Å²) >= 11 is 0. The van der Waals surface area contributed by atoms with Crippen LogP contribution in [0.2, 0.25) is 0 Å². The molecule has 0 fully saturated rings. The summed E-state index contributed by atoms with van der Waals surface area (Å²) in [7, 11) is 0. The molecular weight excluding hydrogens is 146 g/mol. The molecule has 0 heterocycles. The highest BCUT2D eigenvalue weighted by atomic mass is 14.3. The summed E-state index contributed by atoms with van der Waals surface area (Å²) in [6.45, 7) is 0. The van der Waals surface area contributed by atoms with Crippen molar-refractivity contribution < 1.29 is 0 Å². The van der Waals surface area contributed by atoms with Crippen molar-refractivity contribution in [3.8, 4) is 6.07 Å². The van der Waals surface area contributed by atoms with E-state index in [1.807, 2.05) is 6.07 Å². The molecule has 1 aliphatic rings. The molecule has 0 N–H and O–H groups in total. The quantitative estimate of drug-likeness (QED) is 0.568. The van der Waals surface area contributed by atoms with Crippen molar-refractivity contribution in [3.05, 3.63) is 35.4 Å². The monoisotopic (exact) mass is 157 g/mol. The van der Waals surface area contributed by atoms with Crippen molar-refractivity contribution in [2.24, 2.45) is 0 Å². The van der Waals surface area contributed by atoms with E-state index in [9.17, 15) is 0 Å². The fourth-order valence-corrected chi connectivity index (χ4v) is 1.89. The zero-order valence-corrected chi connectivity index (χ0v) is 6.96. The number of hydrogen-bond acceptors (Lipinski definition) is 1. The Hall–Kier alpha value is -1.29. The molecule has 1 aliphatic carbocycles. The first-order chi connectivity index (χ1) is 5.92. The fourth-order valence-electron chi connectivity index (χ4n) is 1.89. The summed E-state index contributed by atoms with van der Waals surface area (Å²) < 4.78 is 0. The average Bonchev–Trinajstić information content (AvgIpc) is 2.17. The highest BCUT2D eigenvalue weighted by Gasteiger charge is 2.18. The van der Waals surface area contributed by atoms with Gasteiger partial charge in [-0.1, -0.05) is 24.3 Å². The highest BCUT2D eigenvalue weighted by Crippen LogP contribution is 2.30. The predicted octanol–water partition coefficient (Wildman–Crippen LogP) is 2.63. The minimum Gasteiger partial charge on any atom is -0.198 e. The Balaban J connectivity index is 2.45. The van der Waals surface area contributed by atoms with E-state index in [-0.39, 0.29) is 5.92 Å². The normalized spacial score (nSPS) is 21.1. The third-order valence-electron chi connectivity index (χ3n) is 2.53. The van der Waals surface area contributed by atoms with Gasteiger partial charge in [0, 0.05) is 0 Å². The number of hydrogen-bond donors (Lipinski definition) is 0. The van der Waals surface area contributed by atoms with Crippen LogP contribution in [0.4, 0.5) is 0 Å². The molecule has 1 heteroatoms. The van der Waals surface area contributed by atoms with Crippen molar-refractivity contribution in [2.45, 2.75) is 25.2 Å². The van der Waals surface area contributed by atoms with Gasteiger partial charge in [-0.15, -0.1) is 0 Å². The Morgan fingerprint density at radius 1 is 1.33 bits per heavy atom. The first kappa shape index (κ1) is 7.36. The molecule has 0 spiro atoms. The van der Waals surface area contributed by atoms with Crippen molar-refractivity contribution in [3.63, 3.8) is 0 Å². The standard InChI is InChI=1S/C11H11N/c12-8-10-6-3-5-9-4-1-2-7-11(9)10/h1-2,4,7,10H,3,5-6H2/t10-/m1/s1. The Morgan fingerprint density at radius 2 is 2.17 bits per heavy atom. The Kier molecular flexibility index (Phi) is 1.83. The van der Waals surface area contributed by atoms with E-state index in [1.165, 1.54) is 11.1 Å². The molecule has 1 aromatic rings. The molecule has 0 amide bonds. The molecule has 0 aromatic heterocycles. The van der Waals surface area contributed by atoms with Crippen LogP contribution in [0, 0.1) is 11.3 Å². The average molecular weight is 157 g/mol. The van der Waals surface area contributed by atoms with Gasteiger partial charge < -0.3 is 0 Å². The molecule has 0 saturated heterocycles. The lowest BCUT2D eigenvalue weighted by atomic mass is 9.84. The topological polar surface area (TPSA) is 23.8 Å². The molecule has 0 unspecified atom stereocenters. The van der Waals surface area contributed by atoms with Gasteiger partial charge in [-0.3, -0.25) is 0 Å². The van der Waals surface area contributed by atoms with Gasteiger partial charge in [0.05, 0.1) is 12.0 Å². The summed E-state index contributed by atoms with van der Waals surface area (Å²) in [4.78, 5) is 0. The number of rotatable bonds is 0. The number of benzene rings is 1. The first-order valence-corrected chi connectivity index (χ1v) is 4.39. The van der Waals surface area contributed by atoms with E-state index in [0.29, 0.717) is 0 Å². The van der Waals surface area contributed by atoms with Crippen LogP contribution in [0.15, 0.2) is 24.3 Å². The molecule has 1 aromatic carbocycles. The van der Waals surface area contributed by atoms with Gasteiger partial charge >= 0.3 is 0 Å². The Morgan fingerprint density at radius 3 is 3.00 bits per heavy atom. The Bertz CT molecular complexity index is 322. The number of nitrogens with zero attached hydrogens (tertiary/aromatic N) is 1. The van der Waals surface area contributed by atoms with Gasteiger partial charge in [-0.05, 0) is 30.4 Å². The van der Waals surface area contributed by atoms with Gasteiger partial charge in [0.1, 0.15) is 0 Å². The Labute approximate surface area is 72.6 Å². The van der Waals surface area contributed by atoms with Crippen LogP contribution in [0.1, 0.15) is 29.9 Å². The lowest BCUT2D eigenvalue weighted by Gasteiger charge is -2.19. The van der Waals surface area contributed by atoms with E-state index in [1.54, 1.807) is 0 Å². The zero-order valence-electron chi connectivity index (χ0n) is 6.96. The van der Waals surface area contributed by atoms with Crippen LogP contribution in [-0.2, 0) is 6.42 Å². The number of fused-ring (bicyclic) bond motifs is 1. The van der Waals surface area contributed by atoms with Gasteiger partial charge in [-0.2, -0.15) is 5.26 Å². The molecule has 1 atom stereocenters. The molecule has 0 radical (unpaired) electrons. The summed E-state index contributed by atoms with van der Waals surface area (Å²) in [5, 5.41) is 8.89. The van der Waals surface area contributed by atoms with Crippen molar-refractivity contribution in [1.82, 2.24) is 0 Å². The fraction of sp³-hybridized carbons (Fsp3) is 0.364. The highest BCUT2D eigenvalue weighted by molar-refractivity contribution is 5.35. The van der Waals surface area contributed by atoms with Crippen LogP contribution in [0.5, 0.6) is 0 Å². The third-order valence-corrected chi connectivity index (χ3v) is 2.53. The first-order valence-electron chi connectivity index (χ1n) is 4.39. The zero-order chi connectivity index (χ0) is 8.39.